The van der Waals surface area contributed by atoms with Crippen molar-refractivity contribution < 1.29 is 0 Å². The molecular formula is C13H26N2. The van der Waals surface area contributed by atoms with E-state index >= 15 is 0 Å². The SMILES string of the molecule is CC1CCC(N(C)CC2CN(C)C2)CC1. The Balaban J connectivity index is 1.69. The molecule has 0 unspecified atom stereocenters. The summed E-state index contributed by atoms with van der Waals surface area (Å²) < 4.78 is 0. The molecule has 0 aromatic heterocycles. The standard InChI is InChI=1S/C13H26N2/c1-11-4-6-13(7-5-11)15(3)10-12-8-14(2)9-12/h11-13H,4-10H2,1-3H3. The minimum absolute atomic E-state index is 0.882. The lowest BCUT2D eigenvalue weighted by Crippen LogP contribution is -2.50. The van der Waals surface area contributed by atoms with Crippen molar-refractivity contribution in [3.63, 3.8) is 0 Å². The topological polar surface area (TPSA) is 6.48 Å². The van der Waals surface area contributed by atoms with Gasteiger partial charge in [-0.05, 0) is 51.6 Å². The normalized spacial score (nSPS) is 34.4. The van der Waals surface area contributed by atoms with Gasteiger partial charge in [-0.1, -0.05) is 6.92 Å². The molecular weight excluding hydrogens is 184 g/mol. The Morgan fingerprint density at radius 1 is 1.13 bits per heavy atom. The predicted octanol–water partition coefficient (Wildman–Crippen LogP) is 2.06. The quantitative estimate of drug-likeness (QED) is 0.703. The molecule has 0 amide bonds. The number of hydrogen-bond acceptors (Lipinski definition) is 2. The van der Waals surface area contributed by atoms with Crippen molar-refractivity contribution in [2.45, 2.75) is 38.6 Å². The maximum absolute atomic E-state index is 2.63. The second-order valence-electron chi connectivity index (χ2n) is 5.94. The van der Waals surface area contributed by atoms with E-state index in [0.29, 0.717) is 0 Å². The van der Waals surface area contributed by atoms with E-state index in [2.05, 4.69) is 30.8 Å². The summed E-state index contributed by atoms with van der Waals surface area (Å²) in [6, 6.07) is 0.882. The molecule has 2 heteroatoms. The predicted molar refractivity (Wildman–Crippen MR) is 65.0 cm³/mol. The highest BCUT2D eigenvalue weighted by Gasteiger charge is 2.28. The van der Waals surface area contributed by atoms with Crippen LogP contribution in [0.25, 0.3) is 0 Å². The molecule has 1 aliphatic carbocycles. The van der Waals surface area contributed by atoms with E-state index < -0.39 is 0 Å². The van der Waals surface area contributed by atoms with E-state index in [9.17, 15) is 0 Å². The molecule has 1 heterocycles. The summed E-state index contributed by atoms with van der Waals surface area (Å²) in [4.78, 5) is 5.05. The van der Waals surface area contributed by atoms with Crippen LogP contribution in [0.2, 0.25) is 0 Å². The third kappa shape index (κ3) is 2.94. The lowest BCUT2D eigenvalue weighted by Gasteiger charge is -2.41. The van der Waals surface area contributed by atoms with E-state index in [-0.39, 0.29) is 0 Å². The van der Waals surface area contributed by atoms with Crippen LogP contribution < -0.4 is 0 Å². The second kappa shape index (κ2) is 4.84. The van der Waals surface area contributed by atoms with Crippen LogP contribution in [0, 0.1) is 11.8 Å². The van der Waals surface area contributed by atoms with Gasteiger partial charge in [0.25, 0.3) is 0 Å². The van der Waals surface area contributed by atoms with Crippen molar-refractivity contribution in [3.05, 3.63) is 0 Å². The summed E-state index contributed by atoms with van der Waals surface area (Å²) >= 11 is 0. The first-order chi connectivity index (χ1) is 7.15. The molecule has 0 atom stereocenters. The molecule has 2 aliphatic rings. The van der Waals surface area contributed by atoms with Crippen LogP contribution in [0.3, 0.4) is 0 Å². The van der Waals surface area contributed by atoms with Gasteiger partial charge in [0.05, 0.1) is 0 Å². The molecule has 15 heavy (non-hydrogen) atoms. The van der Waals surface area contributed by atoms with Gasteiger partial charge in [-0.15, -0.1) is 0 Å². The minimum atomic E-state index is 0.882. The van der Waals surface area contributed by atoms with E-state index in [0.717, 1.165) is 17.9 Å². The summed E-state index contributed by atoms with van der Waals surface area (Å²) in [6.07, 6.45) is 5.75. The zero-order chi connectivity index (χ0) is 10.8. The highest BCUT2D eigenvalue weighted by atomic mass is 15.2. The van der Waals surface area contributed by atoms with Crippen LogP contribution in [0.1, 0.15) is 32.6 Å². The van der Waals surface area contributed by atoms with Crippen LogP contribution in [-0.2, 0) is 0 Å². The van der Waals surface area contributed by atoms with Crippen molar-refractivity contribution >= 4 is 0 Å². The van der Waals surface area contributed by atoms with Crippen LogP contribution in [0.5, 0.6) is 0 Å². The first-order valence-electron chi connectivity index (χ1n) is 6.54. The third-order valence-electron chi connectivity index (χ3n) is 4.29. The van der Waals surface area contributed by atoms with Crippen molar-refractivity contribution in [1.82, 2.24) is 9.80 Å². The van der Waals surface area contributed by atoms with Gasteiger partial charge in [-0.25, -0.2) is 0 Å². The number of likely N-dealkylation sites (tertiary alicyclic amines) is 1. The van der Waals surface area contributed by atoms with Gasteiger partial charge in [0.1, 0.15) is 0 Å². The molecule has 0 N–H and O–H groups in total. The molecule has 2 nitrogen and oxygen atoms in total. The van der Waals surface area contributed by atoms with Crippen LogP contribution in [0.4, 0.5) is 0 Å². The average molecular weight is 210 g/mol. The Bertz CT molecular complexity index is 191. The molecule has 0 bridgehead atoms. The van der Waals surface area contributed by atoms with Gasteiger partial charge < -0.3 is 9.80 Å². The smallest absolute Gasteiger partial charge is 0.00925 e. The minimum Gasteiger partial charge on any atom is -0.306 e. The van der Waals surface area contributed by atoms with Crippen molar-refractivity contribution in [1.29, 1.82) is 0 Å². The maximum atomic E-state index is 2.63. The van der Waals surface area contributed by atoms with Gasteiger partial charge in [0.15, 0.2) is 0 Å². The lowest BCUT2D eigenvalue weighted by molar-refractivity contribution is 0.0716. The Labute approximate surface area is 94.6 Å². The zero-order valence-electron chi connectivity index (χ0n) is 10.6. The van der Waals surface area contributed by atoms with E-state index in [1.165, 1.54) is 45.3 Å². The second-order valence-corrected chi connectivity index (χ2v) is 5.94. The van der Waals surface area contributed by atoms with Gasteiger partial charge in [0.2, 0.25) is 0 Å². The lowest BCUT2D eigenvalue weighted by atomic mass is 9.86. The Kier molecular flexibility index (Phi) is 3.68. The molecule has 0 aromatic rings. The largest absolute Gasteiger partial charge is 0.306 e. The first kappa shape index (κ1) is 11.4. The third-order valence-corrected chi connectivity index (χ3v) is 4.29. The highest BCUT2D eigenvalue weighted by Crippen LogP contribution is 2.27. The van der Waals surface area contributed by atoms with E-state index in [4.69, 9.17) is 0 Å². The maximum Gasteiger partial charge on any atom is 0.00925 e. The van der Waals surface area contributed by atoms with Crippen LogP contribution in [0.15, 0.2) is 0 Å². The monoisotopic (exact) mass is 210 g/mol. The molecule has 1 saturated heterocycles. The van der Waals surface area contributed by atoms with Gasteiger partial charge in [-0.2, -0.15) is 0 Å². The summed E-state index contributed by atoms with van der Waals surface area (Å²) in [5.74, 6) is 1.92. The van der Waals surface area contributed by atoms with Crippen molar-refractivity contribution in [3.8, 4) is 0 Å². The molecule has 2 rings (SSSR count). The summed E-state index contributed by atoms with van der Waals surface area (Å²) in [7, 11) is 4.55. The molecule has 0 aromatic carbocycles. The number of hydrogen-bond donors (Lipinski definition) is 0. The molecule has 1 saturated carbocycles. The first-order valence-corrected chi connectivity index (χ1v) is 6.54. The van der Waals surface area contributed by atoms with E-state index in [1.807, 2.05) is 0 Å². The fourth-order valence-corrected chi connectivity index (χ4v) is 3.18. The molecule has 1 aliphatic heterocycles. The molecule has 2 fully saturated rings. The Morgan fingerprint density at radius 2 is 1.73 bits per heavy atom. The zero-order valence-corrected chi connectivity index (χ0v) is 10.6. The Morgan fingerprint density at radius 3 is 2.27 bits per heavy atom. The van der Waals surface area contributed by atoms with Gasteiger partial charge in [0, 0.05) is 25.7 Å². The van der Waals surface area contributed by atoms with Crippen molar-refractivity contribution in [2.75, 3.05) is 33.7 Å². The molecule has 88 valence electrons. The van der Waals surface area contributed by atoms with Gasteiger partial charge in [-0.3, -0.25) is 0 Å². The van der Waals surface area contributed by atoms with Gasteiger partial charge >= 0.3 is 0 Å². The number of nitrogens with zero attached hydrogens (tertiary/aromatic N) is 2. The van der Waals surface area contributed by atoms with Crippen LogP contribution >= 0.6 is 0 Å². The van der Waals surface area contributed by atoms with Crippen LogP contribution in [-0.4, -0.2) is 49.6 Å². The molecule has 0 radical (unpaired) electrons. The molecule has 0 spiro atoms. The average Bonchev–Trinajstić information content (AvgIpc) is 2.16. The summed E-state index contributed by atoms with van der Waals surface area (Å²) in [5.41, 5.74) is 0. The number of rotatable bonds is 3. The fourth-order valence-electron chi connectivity index (χ4n) is 3.18. The van der Waals surface area contributed by atoms with E-state index in [1.54, 1.807) is 0 Å². The van der Waals surface area contributed by atoms with Crippen molar-refractivity contribution in [2.24, 2.45) is 11.8 Å². The Hall–Kier alpha value is -0.0800. The highest BCUT2D eigenvalue weighted by molar-refractivity contribution is 4.83. The fraction of sp³-hybridized carbons (Fsp3) is 1.00. The summed E-state index contributed by atoms with van der Waals surface area (Å²) in [5, 5.41) is 0. The summed E-state index contributed by atoms with van der Waals surface area (Å²) in [6.45, 7) is 6.35.